The molecule has 2 aromatic rings. The van der Waals surface area contributed by atoms with Gasteiger partial charge in [-0.15, -0.1) is 10.2 Å². The van der Waals surface area contributed by atoms with Crippen molar-refractivity contribution in [3.63, 3.8) is 0 Å². The molecule has 0 radical (unpaired) electrons. The Morgan fingerprint density at radius 3 is 2.89 bits per heavy atom. The first kappa shape index (κ1) is 12.7. The topological polar surface area (TPSA) is 126 Å². The number of aliphatic hydroxyl groups is 1. The third-order valence-electron chi connectivity index (χ3n) is 2.36. The largest absolute Gasteiger partial charge is 0.390 e. The summed E-state index contributed by atoms with van der Waals surface area (Å²) in [6, 6.07) is 1.40. The molecule has 0 aromatic carbocycles. The van der Waals surface area contributed by atoms with Gasteiger partial charge in [-0.25, -0.2) is 13.1 Å². The maximum Gasteiger partial charge on any atom is 0.242 e. The van der Waals surface area contributed by atoms with Crippen molar-refractivity contribution in [1.82, 2.24) is 29.9 Å². The molecule has 2 heterocycles. The second-order valence-electron chi connectivity index (χ2n) is 3.59. The minimum Gasteiger partial charge on any atom is -0.390 e. The van der Waals surface area contributed by atoms with Crippen molar-refractivity contribution in [2.75, 3.05) is 0 Å². The Balaban J connectivity index is 2.14. The molecule has 2 rings (SSSR count). The van der Waals surface area contributed by atoms with Gasteiger partial charge < -0.3 is 9.67 Å². The molecule has 0 amide bonds. The minimum atomic E-state index is -3.65. The molecule has 98 valence electrons. The van der Waals surface area contributed by atoms with Crippen LogP contribution in [-0.4, -0.2) is 38.7 Å². The zero-order valence-electron chi connectivity index (χ0n) is 9.53. The molecule has 0 aliphatic rings. The van der Waals surface area contributed by atoms with Crippen LogP contribution in [0, 0.1) is 0 Å². The predicted octanol–water partition coefficient (Wildman–Crippen LogP) is -1.49. The Kier molecular flexibility index (Phi) is 3.41. The third kappa shape index (κ3) is 2.55. The van der Waals surface area contributed by atoms with Crippen molar-refractivity contribution in [2.45, 2.75) is 18.0 Å². The molecule has 0 bridgehead atoms. The highest BCUT2D eigenvalue weighted by molar-refractivity contribution is 7.89. The van der Waals surface area contributed by atoms with E-state index in [-0.39, 0.29) is 23.9 Å². The van der Waals surface area contributed by atoms with Crippen LogP contribution in [0.3, 0.4) is 0 Å². The van der Waals surface area contributed by atoms with Crippen LogP contribution in [0.1, 0.15) is 11.5 Å². The van der Waals surface area contributed by atoms with Crippen molar-refractivity contribution in [1.29, 1.82) is 0 Å². The summed E-state index contributed by atoms with van der Waals surface area (Å²) < 4.78 is 27.7. The van der Waals surface area contributed by atoms with E-state index in [1.807, 2.05) is 0 Å². The Morgan fingerprint density at radius 1 is 1.56 bits per heavy atom. The molecule has 0 aliphatic carbocycles. The number of aromatic nitrogens is 5. The number of nitrogens with zero attached hydrogens (tertiary/aromatic N) is 4. The van der Waals surface area contributed by atoms with Crippen molar-refractivity contribution < 1.29 is 13.5 Å². The highest BCUT2D eigenvalue weighted by atomic mass is 32.2. The van der Waals surface area contributed by atoms with Gasteiger partial charge in [-0.05, 0) is 6.07 Å². The number of sulfonamides is 1. The fraction of sp³-hybridized carbons (Fsp3) is 0.375. The molecule has 0 saturated carbocycles. The molecule has 0 saturated heterocycles. The molecule has 9 nitrogen and oxygen atoms in total. The molecule has 0 atom stereocenters. The average molecular weight is 272 g/mol. The first-order valence-corrected chi connectivity index (χ1v) is 6.49. The van der Waals surface area contributed by atoms with E-state index < -0.39 is 10.0 Å². The van der Waals surface area contributed by atoms with Crippen molar-refractivity contribution in [3.05, 3.63) is 23.8 Å². The minimum absolute atomic E-state index is 0.0534. The highest BCUT2D eigenvalue weighted by Gasteiger charge is 2.17. The summed E-state index contributed by atoms with van der Waals surface area (Å²) >= 11 is 0. The van der Waals surface area contributed by atoms with E-state index >= 15 is 0 Å². The SMILES string of the molecule is Cn1cc(S(=O)(=O)NCc2nn[nH]n2)cc1CO. The second-order valence-corrected chi connectivity index (χ2v) is 5.36. The molecule has 0 unspecified atom stereocenters. The van der Waals surface area contributed by atoms with E-state index in [4.69, 9.17) is 5.11 Å². The lowest BCUT2D eigenvalue weighted by molar-refractivity contribution is 0.272. The van der Waals surface area contributed by atoms with Crippen LogP contribution in [-0.2, 0) is 30.2 Å². The number of hydrogen-bond donors (Lipinski definition) is 3. The average Bonchev–Trinajstić information content (AvgIpc) is 2.95. The number of aryl methyl sites for hydroxylation is 1. The summed E-state index contributed by atoms with van der Waals surface area (Å²) in [7, 11) is -2.00. The molecule has 0 fully saturated rings. The Morgan fingerprint density at radius 2 is 2.33 bits per heavy atom. The quantitative estimate of drug-likeness (QED) is 0.608. The Bertz CT molecular complexity index is 617. The number of aliphatic hydroxyl groups excluding tert-OH is 1. The van der Waals surface area contributed by atoms with Gasteiger partial charge in [-0.3, -0.25) is 0 Å². The fourth-order valence-corrected chi connectivity index (χ4v) is 2.46. The maximum absolute atomic E-state index is 11.9. The van der Waals surface area contributed by atoms with Crippen LogP contribution in [0.2, 0.25) is 0 Å². The lowest BCUT2D eigenvalue weighted by atomic mass is 10.5. The molecular formula is C8H12N6O3S. The van der Waals surface area contributed by atoms with E-state index in [1.165, 1.54) is 12.3 Å². The Labute approximate surface area is 103 Å². The van der Waals surface area contributed by atoms with Gasteiger partial charge in [0, 0.05) is 18.9 Å². The summed E-state index contributed by atoms with van der Waals surface area (Å²) in [5.74, 6) is 0.247. The van der Waals surface area contributed by atoms with E-state index in [9.17, 15) is 8.42 Å². The molecule has 3 N–H and O–H groups in total. The zero-order chi connectivity index (χ0) is 13.2. The van der Waals surface area contributed by atoms with Gasteiger partial charge in [-0.1, -0.05) is 5.21 Å². The van der Waals surface area contributed by atoms with Gasteiger partial charge >= 0.3 is 0 Å². The molecule has 10 heteroatoms. The van der Waals surface area contributed by atoms with Gasteiger partial charge in [-0.2, -0.15) is 5.21 Å². The van der Waals surface area contributed by atoms with Crippen molar-refractivity contribution >= 4 is 10.0 Å². The molecular weight excluding hydrogens is 260 g/mol. The maximum atomic E-state index is 11.9. The van der Waals surface area contributed by atoms with Gasteiger partial charge in [0.2, 0.25) is 10.0 Å². The van der Waals surface area contributed by atoms with Crippen LogP contribution < -0.4 is 4.72 Å². The molecule has 2 aromatic heterocycles. The van der Waals surface area contributed by atoms with Crippen LogP contribution in [0.4, 0.5) is 0 Å². The number of hydrogen-bond acceptors (Lipinski definition) is 6. The van der Waals surface area contributed by atoms with Crippen LogP contribution in [0.5, 0.6) is 0 Å². The summed E-state index contributed by atoms with van der Waals surface area (Å²) in [4.78, 5) is 0.0811. The van der Waals surface area contributed by atoms with Crippen LogP contribution >= 0.6 is 0 Å². The van der Waals surface area contributed by atoms with Gasteiger partial charge in [0.25, 0.3) is 0 Å². The van der Waals surface area contributed by atoms with E-state index in [2.05, 4.69) is 25.3 Å². The van der Waals surface area contributed by atoms with Gasteiger partial charge in [0.15, 0.2) is 5.82 Å². The highest BCUT2D eigenvalue weighted by Crippen LogP contribution is 2.13. The first-order chi connectivity index (χ1) is 8.53. The van der Waals surface area contributed by atoms with E-state index in [1.54, 1.807) is 11.6 Å². The number of rotatable bonds is 5. The van der Waals surface area contributed by atoms with Crippen molar-refractivity contribution in [2.24, 2.45) is 7.05 Å². The lowest BCUT2D eigenvalue weighted by Crippen LogP contribution is -2.23. The summed E-state index contributed by atoms with van der Waals surface area (Å²) in [5.41, 5.74) is 0.509. The molecule has 0 aliphatic heterocycles. The fourth-order valence-electron chi connectivity index (χ4n) is 1.38. The summed E-state index contributed by atoms with van der Waals surface area (Å²) in [6.07, 6.45) is 1.42. The Hall–Kier alpha value is -1.78. The number of tetrazole rings is 1. The zero-order valence-corrected chi connectivity index (χ0v) is 10.3. The normalized spacial score (nSPS) is 11.9. The van der Waals surface area contributed by atoms with Crippen LogP contribution in [0.15, 0.2) is 17.2 Å². The summed E-state index contributed by atoms with van der Waals surface area (Å²) in [5, 5.41) is 21.8. The first-order valence-electron chi connectivity index (χ1n) is 5.01. The van der Waals surface area contributed by atoms with Crippen LogP contribution in [0.25, 0.3) is 0 Å². The lowest BCUT2D eigenvalue weighted by Gasteiger charge is -2.01. The van der Waals surface area contributed by atoms with E-state index in [0.717, 1.165) is 0 Å². The van der Waals surface area contributed by atoms with E-state index in [0.29, 0.717) is 5.69 Å². The number of aromatic amines is 1. The standard InChI is InChI=1S/C8H12N6O3S/c1-14-4-7(2-6(14)5-15)18(16,17)9-3-8-10-12-13-11-8/h2,4,9,15H,3,5H2,1H3,(H,10,11,12,13). The third-order valence-corrected chi connectivity index (χ3v) is 3.73. The second kappa shape index (κ2) is 4.84. The monoisotopic (exact) mass is 272 g/mol. The number of H-pyrrole nitrogens is 1. The number of nitrogens with one attached hydrogen (secondary N) is 2. The molecule has 0 spiro atoms. The summed E-state index contributed by atoms with van der Waals surface area (Å²) in [6.45, 7) is -0.279. The smallest absolute Gasteiger partial charge is 0.242 e. The predicted molar refractivity (Wildman–Crippen MR) is 59.5 cm³/mol. The van der Waals surface area contributed by atoms with Gasteiger partial charge in [0.1, 0.15) is 0 Å². The molecule has 18 heavy (non-hydrogen) atoms. The van der Waals surface area contributed by atoms with Gasteiger partial charge in [0.05, 0.1) is 18.0 Å². The van der Waals surface area contributed by atoms with Crippen molar-refractivity contribution in [3.8, 4) is 0 Å².